The zero-order valence-corrected chi connectivity index (χ0v) is 13.7. The summed E-state index contributed by atoms with van der Waals surface area (Å²) in [6.45, 7) is 2.88. The van der Waals surface area contributed by atoms with Crippen LogP contribution in [-0.4, -0.2) is 46.2 Å². The molecule has 2 N–H and O–H groups in total. The minimum Gasteiger partial charge on any atom is -0.385 e. The van der Waals surface area contributed by atoms with Crippen molar-refractivity contribution in [2.45, 2.75) is 31.5 Å². The molecule has 0 aliphatic heterocycles. The van der Waals surface area contributed by atoms with Gasteiger partial charge in [0.1, 0.15) is 29.9 Å². The number of rotatable bonds is 9. The van der Waals surface area contributed by atoms with Crippen LogP contribution in [0, 0.1) is 11.6 Å². The highest BCUT2D eigenvalue weighted by Crippen LogP contribution is 2.30. The molecule has 2 unspecified atom stereocenters. The van der Waals surface area contributed by atoms with Crippen LogP contribution < -0.4 is 5.32 Å². The molecule has 0 saturated heterocycles. The van der Waals surface area contributed by atoms with Crippen molar-refractivity contribution in [2.24, 2.45) is 0 Å². The van der Waals surface area contributed by atoms with Crippen LogP contribution in [0.15, 0.2) is 30.9 Å². The molecule has 8 heteroatoms. The molecule has 1 aromatic heterocycles. The van der Waals surface area contributed by atoms with Crippen LogP contribution in [0.2, 0.25) is 0 Å². The van der Waals surface area contributed by atoms with E-state index in [1.165, 1.54) is 23.4 Å². The van der Waals surface area contributed by atoms with E-state index < -0.39 is 23.3 Å². The summed E-state index contributed by atoms with van der Waals surface area (Å²) in [5, 5.41) is 18.3. The van der Waals surface area contributed by atoms with Gasteiger partial charge in [-0.05, 0) is 26.0 Å². The van der Waals surface area contributed by atoms with Crippen LogP contribution in [0.1, 0.15) is 18.9 Å². The lowest BCUT2D eigenvalue weighted by Crippen LogP contribution is -2.50. The molecule has 1 heterocycles. The Morgan fingerprint density at radius 2 is 2.21 bits per heavy atom. The number of nitrogens with zero attached hydrogens (tertiary/aromatic N) is 3. The lowest BCUT2D eigenvalue weighted by Gasteiger charge is -2.35. The maximum absolute atomic E-state index is 14.3. The van der Waals surface area contributed by atoms with E-state index in [9.17, 15) is 13.9 Å². The molecule has 0 aliphatic rings. The standard InChI is InChI=1S/C16H22F2N4O2/c1-12(20-6-3-7-24-2)16(23,9-22-11-19-10-21-22)14-5-4-13(17)8-15(14)18/h4-5,8,10-12,20,23H,3,6-7,9H2,1-2H3. The quantitative estimate of drug-likeness (QED) is 0.676. The Hall–Kier alpha value is -1.90. The fourth-order valence-electron chi connectivity index (χ4n) is 2.56. The van der Waals surface area contributed by atoms with Crippen LogP contribution in [-0.2, 0) is 16.9 Å². The molecule has 0 radical (unpaired) electrons. The van der Waals surface area contributed by atoms with Gasteiger partial charge in [0, 0.05) is 31.4 Å². The van der Waals surface area contributed by atoms with Gasteiger partial charge in [0.25, 0.3) is 0 Å². The van der Waals surface area contributed by atoms with Crippen molar-refractivity contribution in [3.8, 4) is 0 Å². The second-order valence-electron chi connectivity index (χ2n) is 5.66. The van der Waals surface area contributed by atoms with E-state index in [1.54, 1.807) is 14.0 Å². The number of methoxy groups -OCH3 is 1. The largest absolute Gasteiger partial charge is 0.385 e. The van der Waals surface area contributed by atoms with Gasteiger partial charge in [-0.3, -0.25) is 0 Å². The first-order valence-electron chi connectivity index (χ1n) is 7.70. The van der Waals surface area contributed by atoms with Gasteiger partial charge in [-0.1, -0.05) is 6.07 Å². The average Bonchev–Trinajstić information content (AvgIpc) is 3.03. The topological polar surface area (TPSA) is 72.2 Å². The summed E-state index contributed by atoms with van der Waals surface area (Å²) in [4.78, 5) is 3.83. The maximum atomic E-state index is 14.3. The maximum Gasteiger partial charge on any atom is 0.137 e. The van der Waals surface area contributed by atoms with Gasteiger partial charge in [0.15, 0.2) is 0 Å². The van der Waals surface area contributed by atoms with Crippen molar-refractivity contribution in [2.75, 3.05) is 20.3 Å². The molecular weight excluding hydrogens is 318 g/mol. The Morgan fingerprint density at radius 3 is 2.83 bits per heavy atom. The molecule has 0 bridgehead atoms. The van der Waals surface area contributed by atoms with Gasteiger partial charge in [-0.2, -0.15) is 5.10 Å². The Labute approximate surface area is 139 Å². The number of benzene rings is 1. The van der Waals surface area contributed by atoms with Crippen molar-refractivity contribution < 1.29 is 18.6 Å². The number of aliphatic hydroxyl groups is 1. The zero-order valence-electron chi connectivity index (χ0n) is 13.7. The van der Waals surface area contributed by atoms with Crippen molar-refractivity contribution in [3.05, 3.63) is 48.1 Å². The minimum absolute atomic E-state index is 0.00569. The highest BCUT2D eigenvalue weighted by atomic mass is 19.1. The molecule has 0 amide bonds. The van der Waals surface area contributed by atoms with Gasteiger partial charge < -0.3 is 15.2 Å². The number of hydrogen-bond acceptors (Lipinski definition) is 5. The average molecular weight is 340 g/mol. The monoisotopic (exact) mass is 340 g/mol. The highest BCUT2D eigenvalue weighted by molar-refractivity contribution is 5.27. The lowest BCUT2D eigenvalue weighted by molar-refractivity contribution is -0.0204. The Balaban J connectivity index is 2.26. The number of hydrogen-bond donors (Lipinski definition) is 2. The van der Waals surface area contributed by atoms with Gasteiger partial charge in [-0.25, -0.2) is 18.4 Å². The van der Waals surface area contributed by atoms with E-state index >= 15 is 0 Å². The van der Waals surface area contributed by atoms with E-state index in [4.69, 9.17) is 4.74 Å². The van der Waals surface area contributed by atoms with E-state index in [0.717, 1.165) is 18.6 Å². The first-order valence-corrected chi connectivity index (χ1v) is 7.70. The third-order valence-corrected chi connectivity index (χ3v) is 3.96. The molecule has 132 valence electrons. The SMILES string of the molecule is COCCCNC(C)C(O)(Cn1cncn1)c1ccc(F)cc1F. The molecule has 6 nitrogen and oxygen atoms in total. The van der Waals surface area contributed by atoms with Crippen molar-refractivity contribution >= 4 is 0 Å². The van der Waals surface area contributed by atoms with E-state index in [0.29, 0.717) is 13.2 Å². The van der Waals surface area contributed by atoms with Crippen molar-refractivity contribution in [1.29, 1.82) is 0 Å². The van der Waals surface area contributed by atoms with Crippen LogP contribution in [0.5, 0.6) is 0 Å². The highest BCUT2D eigenvalue weighted by Gasteiger charge is 2.38. The van der Waals surface area contributed by atoms with Crippen LogP contribution >= 0.6 is 0 Å². The Morgan fingerprint density at radius 1 is 1.42 bits per heavy atom. The molecule has 0 saturated carbocycles. The van der Waals surface area contributed by atoms with Crippen LogP contribution in [0.25, 0.3) is 0 Å². The second kappa shape index (κ2) is 8.27. The van der Waals surface area contributed by atoms with Gasteiger partial charge in [0.05, 0.1) is 6.54 Å². The fourth-order valence-corrected chi connectivity index (χ4v) is 2.56. The minimum atomic E-state index is -1.63. The van der Waals surface area contributed by atoms with E-state index in [1.807, 2.05) is 0 Å². The summed E-state index contributed by atoms with van der Waals surface area (Å²) >= 11 is 0. The smallest absolute Gasteiger partial charge is 0.137 e. The Kier molecular flexibility index (Phi) is 6.36. The first kappa shape index (κ1) is 18.4. The molecular formula is C16H22F2N4O2. The van der Waals surface area contributed by atoms with E-state index in [-0.39, 0.29) is 12.1 Å². The number of halogens is 2. The Bertz CT molecular complexity index is 639. The molecule has 2 rings (SSSR count). The van der Waals surface area contributed by atoms with Crippen molar-refractivity contribution in [3.63, 3.8) is 0 Å². The molecule has 24 heavy (non-hydrogen) atoms. The van der Waals surface area contributed by atoms with Gasteiger partial charge >= 0.3 is 0 Å². The molecule has 0 aliphatic carbocycles. The third kappa shape index (κ3) is 4.34. The molecule has 1 aromatic carbocycles. The first-order chi connectivity index (χ1) is 11.5. The van der Waals surface area contributed by atoms with Gasteiger partial charge in [-0.15, -0.1) is 0 Å². The molecule has 0 spiro atoms. The molecule has 2 aromatic rings. The predicted molar refractivity (Wildman–Crippen MR) is 84.2 cm³/mol. The van der Waals surface area contributed by atoms with Crippen LogP contribution in [0.3, 0.4) is 0 Å². The fraction of sp³-hybridized carbons (Fsp3) is 0.500. The summed E-state index contributed by atoms with van der Waals surface area (Å²) in [5.41, 5.74) is -1.62. The summed E-state index contributed by atoms with van der Waals surface area (Å²) < 4.78 is 33.9. The number of aromatic nitrogens is 3. The zero-order chi connectivity index (χ0) is 17.6. The van der Waals surface area contributed by atoms with Gasteiger partial charge in [0.2, 0.25) is 0 Å². The predicted octanol–water partition coefficient (Wildman–Crippen LogP) is 1.46. The third-order valence-electron chi connectivity index (χ3n) is 3.96. The summed E-state index contributed by atoms with van der Waals surface area (Å²) in [5.74, 6) is -1.50. The molecule has 2 atom stereocenters. The van der Waals surface area contributed by atoms with Crippen LogP contribution in [0.4, 0.5) is 8.78 Å². The summed E-state index contributed by atoms with van der Waals surface area (Å²) in [7, 11) is 1.61. The van der Waals surface area contributed by atoms with Crippen molar-refractivity contribution in [1.82, 2.24) is 20.1 Å². The molecule has 0 fully saturated rings. The summed E-state index contributed by atoms with van der Waals surface area (Å²) in [6.07, 6.45) is 3.51. The summed E-state index contributed by atoms with van der Waals surface area (Å²) in [6, 6.07) is 2.63. The number of ether oxygens (including phenoxy) is 1. The normalized spacial score (nSPS) is 15.2. The van der Waals surface area contributed by atoms with E-state index in [2.05, 4.69) is 15.4 Å². The second-order valence-corrected chi connectivity index (χ2v) is 5.66. The lowest BCUT2D eigenvalue weighted by atomic mass is 9.86. The number of nitrogens with one attached hydrogen (secondary N) is 1.